The number of hydrogen-bond acceptors (Lipinski definition) is 6. The number of aldehydes is 1. The van der Waals surface area contributed by atoms with Crippen LogP contribution in [0.4, 0.5) is 0 Å². The predicted octanol–water partition coefficient (Wildman–Crippen LogP) is 1.74. The maximum absolute atomic E-state index is 10.4. The van der Waals surface area contributed by atoms with Crippen LogP contribution in [0, 0.1) is 0 Å². The van der Waals surface area contributed by atoms with Crippen LogP contribution in [0.1, 0.15) is 46.0 Å². The van der Waals surface area contributed by atoms with Gasteiger partial charge in [0, 0.05) is 12.2 Å². The van der Waals surface area contributed by atoms with Crippen molar-refractivity contribution in [3.8, 4) is 0 Å². The van der Waals surface area contributed by atoms with Gasteiger partial charge in [-0.1, -0.05) is 26.2 Å². The average molecular weight is 320 g/mol. The van der Waals surface area contributed by atoms with Gasteiger partial charge in [0.15, 0.2) is 0 Å². The Morgan fingerprint density at radius 3 is 2.90 bits per heavy atom. The molecule has 6 heteroatoms. The normalized spacial score (nSPS) is 29.0. The lowest BCUT2D eigenvalue weighted by Gasteiger charge is -2.35. The highest BCUT2D eigenvalue weighted by atomic mass is 32.2. The van der Waals surface area contributed by atoms with Gasteiger partial charge >= 0.3 is 0 Å². The topological polar surface area (TPSA) is 76.0 Å². The van der Waals surface area contributed by atoms with E-state index in [1.807, 2.05) is 6.92 Å². The van der Waals surface area contributed by atoms with E-state index in [0.29, 0.717) is 18.5 Å². The van der Waals surface area contributed by atoms with Gasteiger partial charge < -0.3 is 24.5 Å². The van der Waals surface area contributed by atoms with Crippen molar-refractivity contribution < 1.29 is 24.5 Å². The molecule has 0 saturated carbocycles. The number of carbonyl (C=O) groups is 1. The molecule has 0 spiro atoms. The Labute approximate surface area is 131 Å². The Hall–Kier alpha value is -0.140. The fourth-order valence-electron chi connectivity index (χ4n) is 2.32. The zero-order chi connectivity index (χ0) is 15.7. The minimum Gasteiger partial charge on any atom is -0.391 e. The van der Waals surface area contributed by atoms with Crippen molar-refractivity contribution in [2.45, 2.75) is 69.2 Å². The molecule has 0 aromatic carbocycles. The highest BCUT2D eigenvalue weighted by molar-refractivity contribution is 7.99. The van der Waals surface area contributed by atoms with Crippen LogP contribution in [-0.2, 0) is 14.3 Å². The van der Waals surface area contributed by atoms with Gasteiger partial charge in [0.1, 0.15) is 18.3 Å². The quantitative estimate of drug-likeness (QED) is 0.472. The minimum atomic E-state index is -0.728. The van der Waals surface area contributed by atoms with Crippen LogP contribution >= 0.6 is 11.8 Å². The number of thioether (sulfide) groups is 1. The first-order valence-electron chi connectivity index (χ1n) is 7.67. The highest BCUT2D eigenvalue weighted by Gasteiger charge is 2.33. The summed E-state index contributed by atoms with van der Waals surface area (Å²) < 4.78 is 11.0. The molecule has 124 valence electrons. The molecule has 0 aliphatic carbocycles. The van der Waals surface area contributed by atoms with Crippen molar-refractivity contribution in [2.24, 2.45) is 0 Å². The van der Waals surface area contributed by atoms with Crippen LogP contribution in [0.15, 0.2) is 0 Å². The largest absolute Gasteiger partial charge is 0.391 e. The summed E-state index contributed by atoms with van der Waals surface area (Å²) in [6.45, 7) is 4.26. The van der Waals surface area contributed by atoms with Gasteiger partial charge in [-0.15, -0.1) is 11.8 Å². The number of aliphatic hydroxyl groups excluding tert-OH is 1. The van der Waals surface area contributed by atoms with Gasteiger partial charge in [-0.05, 0) is 13.3 Å². The van der Waals surface area contributed by atoms with Gasteiger partial charge in [-0.3, -0.25) is 0 Å². The number of rotatable bonds is 10. The Balaban J connectivity index is 2.40. The van der Waals surface area contributed by atoms with E-state index in [9.17, 15) is 15.0 Å². The number of aliphatic hydroxyl groups is 2. The first kappa shape index (κ1) is 18.9. The molecule has 0 radical (unpaired) electrons. The second-order valence-corrected chi connectivity index (χ2v) is 6.98. The van der Waals surface area contributed by atoms with E-state index in [2.05, 4.69) is 6.92 Å². The van der Waals surface area contributed by atoms with Crippen LogP contribution < -0.4 is 0 Å². The van der Waals surface area contributed by atoms with Crippen molar-refractivity contribution in [2.75, 3.05) is 19.0 Å². The van der Waals surface area contributed by atoms with Crippen molar-refractivity contribution in [3.05, 3.63) is 0 Å². The zero-order valence-electron chi connectivity index (χ0n) is 13.0. The van der Waals surface area contributed by atoms with Gasteiger partial charge in [-0.2, -0.15) is 0 Å². The minimum absolute atomic E-state index is 0.00466. The van der Waals surface area contributed by atoms with Crippen LogP contribution in [-0.4, -0.2) is 58.7 Å². The third-order valence-electron chi connectivity index (χ3n) is 3.52. The number of ether oxygens (including phenoxy) is 2. The maximum Gasteiger partial charge on any atom is 0.145 e. The standard InChI is InChI=1S/C15H28O5S/c1-3-4-5-6-15(2,18)11-21-14-13(19-8-7-16)9-12(17)10-20-14/h7,12-14,17-18H,3-6,8-11H2,1-2H3. The molecule has 1 heterocycles. The summed E-state index contributed by atoms with van der Waals surface area (Å²) >= 11 is 1.50. The van der Waals surface area contributed by atoms with Gasteiger partial charge in [0.2, 0.25) is 0 Å². The third-order valence-corrected chi connectivity index (χ3v) is 5.07. The molecular weight excluding hydrogens is 292 g/mol. The maximum atomic E-state index is 10.4. The molecule has 2 N–H and O–H groups in total. The van der Waals surface area contributed by atoms with Crippen LogP contribution in [0.2, 0.25) is 0 Å². The van der Waals surface area contributed by atoms with E-state index in [4.69, 9.17) is 9.47 Å². The molecule has 0 aromatic heterocycles. The fraction of sp³-hybridized carbons (Fsp3) is 0.933. The van der Waals surface area contributed by atoms with E-state index >= 15 is 0 Å². The van der Waals surface area contributed by atoms with Gasteiger partial charge in [-0.25, -0.2) is 0 Å². The highest BCUT2D eigenvalue weighted by Crippen LogP contribution is 2.30. The summed E-state index contributed by atoms with van der Waals surface area (Å²) in [5.74, 6) is 0.554. The molecule has 1 rings (SSSR count). The summed E-state index contributed by atoms with van der Waals surface area (Å²) in [6.07, 6.45) is 4.33. The monoisotopic (exact) mass is 320 g/mol. The van der Waals surface area contributed by atoms with E-state index in [0.717, 1.165) is 25.7 Å². The second kappa shape index (κ2) is 9.79. The molecule has 5 nitrogen and oxygen atoms in total. The number of hydrogen-bond donors (Lipinski definition) is 2. The smallest absolute Gasteiger partial charge is 0.145 e. The molecular formula is C15H28O5S. The molecule has 0 amide bonds. The number of carbonyl (C=O) groups excluding carboxylic acids is 1. The molecule has 1 fully saturated rings. The fourth-order valence-corrected chi connectivity index (χ4v) is 3.56. The van der Waals surface area contributed by atoms with E-state index in [1.165, 1.54) is 11.8 Å². The SMILES string of the molecule is CCCCCC(C)(O)CSC1OCC(O)CC1OCC=O. The van der Waals surface area contributed by atoms with Crippen LogP contribution in [0.3, 0.4) is 0 Å². The lowest BCUT2D eigenvalue weighted by atomic mass is 10.0. The van der Waals surface area contributed by atoms with Crippen molar-refractivity contribution >= 4 is 18.0 Å². The summed E-state index contributed by atoms with van der Waals surface area (Å²) in [6, 6.07) is 0. The molecule has 4 atom stereocenters. The average Bonchev–Trinajstić information content (AvgIpc) is 2.44. The Bertz CT molecular complexity index is 298. The lowest BCUT2D eigenvalue weighted by Crippen LogP contribution is -2.42. The van der Waals surface area contributed by atoms with Crippen molar-refractivity contribution in [3.63, 3.8) is 0 Å². The van der Waals surface area contributed by atoms with Crippen molar-refractivity contribution in [1.29, 1.82) is 0 Å². The molecule has 0 aromatic rings. The lowest BCUT2D eigenvalue weighted by molar-refractivity contribution is -0.129. The summed E-state index contributed by atoms with van der Waals surface area (Å²) in [7, 11) is 0. The zero-order valence-corrected chi connectivity index (χ0v) is 13.8. The number of unbranched alkanes of at least 4 members (excludes halogenated alkanes) is 2. The third kappa shape index (κ3) is 7.61. The summed E-state index contributed by atoms with van der Waals surface area (Å²) in [5, 5.41) is 20.0. The Morgan fingerprint density at radius 2 is 2.24 bits per heavy atom. The Morgan fingerprint density at radius 1 is 1.48 bits per heavy atom. The van der Waals surface area contributed by atoms with Crippen LogP contribution in [0.25, 0.3) is 0 Å². The Kier molecular flexibility index (Phi) is 8.82. The van der Waals surface area contributed by atoms with Gasteiger partial charge in [0.25, 0.3) is 0 Å². The summed E-state index contributed by atoms with van der Waals surface area (Å²) in [4.78, 5) is 10.4. The molecule has 1 aliphatic heterocycles. The van der Waals surface area contributed by atoms with Crippen LogP contribution in [0.5, 0.6) is 0 Å². The van der Waals surface area contributed by atoms with Crippen molar-refractivity contribution in [1.82, 2.24) is 0 Å². The summed E-state index contributed by atoms with van der Waals surface area (Å²) in [5.41, 5.74) is -0.972. The van der Waals surface area contributed by atoms with E-state index in [-0.39, 0.29) is 24.8 Å². The van der Waals surface area contributed by atoms with E-state index < -0.39 is 11.7 Å². The molecule has 1 saturated heterocycles. The second-order valence-electron chi connectivity index (χ2n) is 5.89. The predicted molar refractivity (Wildman–Crippen MR) is 83.4 cm³/mol. The molecule has 0 bridgehead atoms. The molecule has 1 aliphatic rings. The molecule has 21 heavy (non-hydrogen) atoms. The molecule has 4 unspecified atom stereocenters. The first-order valence-corrected chi connectivity index (χ1v) is 8.72. The van der Waals surface area contributed by atoms with Gasteiger partial charge in [0.05, 0.1) is 24.4 Å². The first-order chi connectivity index (χ1) is 9.98. The van der Waals surface area contributed by atoms with E-state index in [1.54, 1.807) is 0 Å².